The fourth-order valence-corrected chi connectivity index (χ4v) is 6.45. The normalized spacial score (nSPS) is 32.5. The zero-order valence-corrected chi connectivity index (χ0v) is 25.2. The summed E-state index contributed by atoms with van der Waals surface area (Å²) in [6, 6.07) is 4.81. The number of hydrogen-bond acceptors (Lipinski definition) is 8. The van der Waals surface area contributed by atoms with Crippen molar-refractivity contribution in [1.82, 2.24) is 0 Å². The number of alkyl halides is 3. The molecule has 0 bridgehead atoms. The Morgan fingerprint density at radius 1 is 0.864 bits per heavy atom. The van der Waals surface area contributed by atoms with Crippen molar-refractivity contribution in [1.29, 1.82) is 0 Å². The molecule has 3 aliphatic heterocycles. The zero-order chi connectivity index (χ0) is 30.8. The summed E-state index contributed by atoms with van der Waals surface area (Å²) in [4.78, 5) is 11.9. The molecule has 1 aliphatic carbocycles. The lowest BCUT2D eigenvalue weighted by atomic mass is 9.90. The highest BCUT2D eigenvalue weighted by Crippen LogP contribution is 2.42. The number of hydrogen-bond donors (Lipinski definition) is 0. The Balaban J connectivity index is 1.34. The summed E-state index contributed by atoms with van der Waals surface area (Å²) in [5.74, 6) is -0.243. The molecule has 3 unspecified atom stereocenters. The zero-order valence-electron chi connectivity index (χ0n) is 25.2. The molecule has 246 valence electrons. The van der Waals surface area contributed by atoms with E-state index in [1.807, 2.05) is 12.2 Å². The van der Waals surface area contributed by atoms with Gasteiger partial charge in [0.25, 0.3) is 0 Å². The monoisotopic (exact) mass is 626 g/mol. The molecule has 0 spiro atoms. The average molecular weight is 627 g/mol. The Hall–Kier alpha value is -2.02. The van der Waals surface area contributed by atoms with Gasteiger partial charge in [0.05, 0.1) is 17.8 Å². The molecular weight excluding hydrogens is 581 g/mol. The molecule has 11 heteroatoms. The van der Waals surface area contributed by atoms with E-state index in [1.165, 1.54) is 12.1 Å². The van der Waals surface area contributed by atoms with Gasteiger partial charge in [-0.25, -0.2) is 0 Å². The summed E-state index contributed by atoms with van der Waals surface area (Å²) in [7, 11) is 0. The van der Waals surface area contributed by atoms with Crippen LogP contribution < -0.4 is 4.74 Å². The summed E-state index contributed by atoms with van der Waals surface area (Å²) in [6.07, 6.45) is 7.30. The SMILES string of the molecule is O=CC[C@@H]1[C@@H](/C=C/[C@H](COc2cccc(C(F)(F)F)c2)OC2CCCCO2)[C@H](OC2CCCCO2)C[C@@H]1OC1CCCCO1. The van der Waals surface area contributed by atoms with E-state index in [2.05, 4.69) is 0 Å². The topological polar surface area (TPSA) is 81.7 Å². The third kappa shape index (κ3) is 9.74. The highest BCUT2D eigenvalue weighted by atomic mass is 19.4. The first kappa shape index (κ1) is 33.3. The lowest BCUT2D eigenvalue weighted by molar-refractivity contribution is -0.204. The van der Waals surface area contributed by atoms with Crippen molar-refractivity contribution in [3.63, 3.8) is 0 Å². The van der Waals surface area contributed by atoms with Gasteiger partial charge in [0, 0.05) is 44.5 Å². The number of carbonyl (C=O) groups is 1. The Kier molecular flexibility index (Phi) is 12.5. The van der Waals surface area contributed by atoms with Crippen molar-refractivity contribution in [2.45, 2.75) is 114 Å². The molecule has 8 atom stereocenters. The number of halogens is 3. The molecule has 4 aliphatic rings. The molecule has 3 saturated heterocycles. The lowest BCUT2D eigenvalue weighted by Gasteiger charge is -2.30. The summed E-state index contributed by atoms with van der Waals surface area (Å²) >= 11 is 0. The van der Waals surface area contributed by atoms with Crippen LogP contribution >= 0.6 is 0 Å². The quantitative estimate of drug-likeness (QED) is 0.179. The van der Waals surface area contributed by atoms with Crippen molar-refractivity contribution in [3.8, 4) is 5.75 Å². The van der Waals surface area contributed by atoms with E-state index >= 15 is 0 Å². The summed E-state index contributed by atoms with van der Waals surface area (Å²) in [6.45, 7) is 1.87. The van der Waals surface area contributed by atoms with Crippen molar-refractivity contribution in [3.05, 3.63) is 42.0 Å². The molecule has 1 saturated carbocycles. The van der Waals surface area contributed by atoms with E-state index in [0.29, 0.717) is 32.7 Å². The van der Waals surface area contributed by atoms with Gasteiger partial charge in [-0.05, 0) is 76.0 Å². The van der Waals surface area contributed by atoms with Gasteiger partial charge in [0.15, 0.2) is 18.9 Å². The highest BCUT2D eigenvalue weighted by molar-refractivity contribution is 5.50. The van der Waals surface area contributed by atoms with E-state index in [1.54, 1.807) is 0 Å². The van der Waals surface area contributed by atoms with Gasteiger partial charge in [-0.1, -0.05) is 18.2 Å². The molecule has 0 amide bonds. The molecule has 44 heavy (non-hydrogen) atoms. The molecule has 3 heterocycles. The highest BCUT2D eigenvalue weighted by Gasteiger charge is 2.45. The van der Waals surface area contributed by atoms with Gasteiger partial charge in [0.2, 0.25) is 0 Å². The second-order valence-electron chi connectivity index (χ2n) is 12.0. The summed E-state index contributed by atoms with van der Waals surface area (Å²) < 4.78 is 82.4. The molecule has 0 N–H and O–H groups in total. The number of ether oxygens (including phenoxy) is 7. The van der Waals surface area contributed by atoms with E-state index in [9.17, 15) is 18.0 Å². The van der Waals surface area contributed by atoms with Crippen LogP contribution in [0.2, 0.25) is 0 Å². The average Bonchev–Trinajstić information content (AvgIpc) is 3.34. The smallest absolute Gasteiger partial charge is 0.416 e. The van der Waals surface area contributed by atoms with Crippen LogP contribution in [0, 0.1) is 11.8 Å². The van der Waals surface area contributed by atoms with Crippen LogP contribution in [0.15, 0.2) is 36.4 Å². The number of benzene rings is 1. The summed E-state index contributed by atoms with van der Waals surface area (Å²) in [5, 5.41) is 0. The maximum Gasteiger partial charge on any atom is 0.416 e. The lowest BCUT2D eigenvalue weighted by Crippen LogP contribution is -2.32. The van der Waals surface area contributed by atoms with Crippen LogP contribution in [0.1, 0.15) is 76.2 Å². The predicted molar refractivity (Wildman–Crippen MR) is 154 cm³/mol. The fourth-order valence-electron chi connectivity index (χ4n) is 6.45. The minimum Gasteiger partial charge on any atom is -0.491 e. The van der Waals surface area contributed by atoms with E-state index in [0.717, 1.165) is 69.8 Å². The Morgan fingerprint density at radius 3 is 2.09 bits per heavy atom. The standard InChI is InChI=1S/C33H45F3O8/c34-33(35,36)23-8-7-9-24(20-23)41-22-25(42-30-10-1-4-17-38-30)13-14-26-27(15-16-37)29(44-32-12-3-6-19-40-32)21-28(26)43-31-11-2-5-18-39-31/h7-9,13-14,16,20,25-32H,1-6,10-12,15,17-19,21-22H2/b14-13+/t25-,26-,27-,28-,29+,30?,31?,32?/m1/s1. The Bertz CT molecular complexity index is 1030. The van der Waals surface area contributed by atoms with Crippen LogP contribution in [0.5, 0.6) is 5.75 Å². The molecule has 4 fully saturated rings. The van der Waals surface area contributed by atoms with Gasteiger partial charge in [-0.15, -0.1) is 0 Å². The van der Waals surface area contributed by atoms with Gasteiger partial charge in [-0.3, -0.25) is 0 Å². The number of aldehydes is 1. The minimum absolute atomic E-state index is 0.0180. The first-order valence-corrected chi connectivity index (χ1v) is 16.1. The molecule has 1 aromatic rings. The molecule has 0 aromatic heterocycles. The first-order chi connectivity index (χ1) is 21.4. The van der Waals surface area contributed by atoms with E-state index in [-0.39, 0.29) is 55.4 Å². The van der Waals surface area contributed by atoms with Crippen LogP contribution in [-0.2, 0) is 39.4 Å². The minimum atomic E-state index is -4.47. The Labute approximate surface area is 257 Å². The molecule has 8 nitrogen and oxygen atoms in total. The fraction of sp³-hybridized carbons (Fsp3) is 0.727. The maximum atomic E-state index is 13.3. The summed E-state index contributed by atoms with van der Waals surface area (Å²) in [5.41, 5.74) is -0.779. The molecule has 0 radical (unpaired) electrons. The van der Waals surface area contributed by atoms with Crippen LogP contribution in [-0.4, -0.2) is 69.9 Å². The van der Waals surface area contributed by atoms with E-state index in [4.69, 9.17) is 33.2 Å². The van der Waals surface area contributed by atoms with Crippen LogP contribution in [0.3, 0.4) is 0 Å². The van der Waals surface area contributed by atoms with Gasteiger partial charge < -0.3 is 38.0 Å². The molecule has 5 rings (SSSR count). The predicted octanol–water partition coefficient (Wildman–Crippen LogP) is 6.60. The van der Waals surface area contributed by atoms with Gasteiger partial charge >= 0.3 is 6.18 Å². The van der Waals surface area contributed by atoms with Crippen molar-refractivity contribution in [2.75, 3.05) is 26.4 Å². The Morgan fingerprint density at radius 2 is 1.50 bits per heavy atom. The van der Waals surface area contributed by atoms with Gasteiger partial charge in [0.1, 0.15) is 24.7 Å². The maximum absolute atomic E-state index is 13.3. The number of carbonyl (C=O) groups excluding carboxylic acids is 1. The second kappa shape index (κ2) is 16.5. The van der Waals surface area contributed by atoms with Crippen molar-refractivity contribution >= 4 is 6.29 Å². The second-order valence-corrected chi connectivity index (χ2v) is 12.0. The molecule has 1 aromatic carbocycles. The first-order valence-electron chi connectivity index (χ1n) is 16.1. The third-order valence-electron chi connectivity index (χ3n) is 8.75. The molecular formula is C33H45F3O8. The largest absolute Gasteiger partial charge is 0.491 e. The van der Waals surface area contributed by atoms with Crippen LogP contribution in [0.4, 0.5) is 13.2 Å². The van der Waals surface area contributed by atoms with Crippen LogP contribution in [0.25, 0.3) is 0 Å². The van der Waals surface area contributed by atoms with Crippen molar-refractivity contribution < 1.29 is 51.1 Å². The third-order valence-corrected chi connectivity index (χ3v) is 8.75. The van der Waals surface area contributed by atoms with E-state index < -0.39 is 24.1 Å². The van der Waals surface area contributed by atoms with Gasteiger partial charge in [-0.2, -0.15) is 13.2 Å². The number of rotatable bonds is 13. The van der Waals surface area contributed by atoms with Crippen molar-refractivity contribution in [2.24, 2.45) is 11.8 Å².